The van der Waals surface area contributed by atoms with Crippen LogP contribution in [0.5, 0.6) is 0 Å². The van der Waals surface area contributed by atoms with Gasteiger partial charge in [0.1, 0.15) is 0 Å². The lowest BCUT2D eigenvalue weighted by Gasteiger charge is -2.06. The molecule has 1 aliphatic carbocycles. The van der Waals surface area contributed by atoms with E-state index < -0.39 is 0 Å². The van der Waals surface area contributed by atoms with Crippen LogP contribution in [0.25, 0.3) is 33.7 Å². The van der Waals surface area contributed by atoms with E-state index in [0.29, 0.717) is 6.42 Å². The number of fused-ring (bicyclic) bond motifs is 4. The third kappa shape index (κ3) is 1.59. The van der Waals surface area contributed by atoms with Crippen molar-refractivity contribution < 1.29 is 4.79 Å². The first kappa shape index (κ1) is 10.5. The lowest BCUT2D eigenvalue weighted by molar-refractivity contribution is -0.112. The van der Waals surface area contributed by atoms with Crippen molar-refractivity contribution in [2.24, 2.45) is 0 Å². The maximum Gasteiger partial charge on any atom is 0.160 e. The third-order valence-corrected chi connectivity index (χ3v) is 3.79. The second-order valence-electron chi connectivity index (χ2n) is 5.01. The molecule has 3 aromatic carbocycles. The van der Waals surface area contributed by atoms with Gasteiger partial charge in [-0.25, -0.2) is 0 Å². The summed E-state index contributed by atoms with van der Waals surface area (Å²) in [6.45, 7) is 0. The molecule has 0 N–H and O–H groups in total. The van der Waals surface area contributed by atoms with E-state index >= 15 is 0 Å². The first-order valence-electron chi connectivity index (χ1n) is 6.47. The zero-order valence-corrected chi connectivity index (χ0v) is 10.4. The second-order valence-corrected chi connectivity index (χ2v) is 5.01. The summed E-state index contributed by atoms with van der Waals surface area (Å²) in [7, 11) is 0. The van der Waals surface area contributed by atoms with Crippen molar-refractivity contribution in [1.29, 1.82) is 0 Å². The molecule has 0 spiro atoms. The van der Waals surface area contributed by atoms with Crippen LogP contribution < -0.4 is 10.4 Å². The van der Waals surface area contributed by atoms with E-state index in [9.17, 15) is 4.79 Å². The van der Waals surface area contributed by atoms with Crippen molar-refractivity contribution >= 4 is 39.5 Å². The fourth-order valence-corrected chi connectivity index (χ4v) is 2.84. The average Bonchev–Trinajstić information content (AvgIpc) is 2.44. The molecule has 3 aromatic rings. The van der Waals surface area contributed by atoms with E-state index in [1.54, 1.807) is 6.08 Å². The van der Waals surface area contributed by atoms with Gasteiger partial charge in [-0.1, -0.05) is 42.5 Å². The van der Waals surface area contributed by atoms with Crippen molar-refractivity contribution in [2.75, 3.05) is 0 Å². The predicted molar refractivity (Wildman–Crippen MR) is 79.3 cm³/mol. The summed E-state index contributed by atoms with van der Waals surface area (Å²) in [5.74, 6) is 0.188. The molecular weight excluding hydrogens is 232 g/mol. The lowest BCUT2D eigenvalue weighted by atomic mass is 9.98. The van der Waals surface area contributed by atoms with E-state index in [-0.39, 0.29) is 5.78 Å². The summed E-state index contributed by atoms with van der Waals surface area (Å²) >= 11 is 0. The molecule has 4 rings (SSSR count). The summed E-state index contributed by atoms with van der Waals surface area (Å²) in [4.78, 5) is 11.5. The van der Waals surface area contributed by atoms with Crippen molar-refractivity contribution in [3.8, 4) is 0 Å². The van der Waals surface area contributed by atoms with Gasteiger partial charge in [-0.3, -0.25) is 4.79 Å². The highest BCUT2D eigenvalue weighted by Crippen LogP contribution is 2.20. The van der Waals surface area contributed by atoms with Crippen molar-refractivity contribution in [3.63, 3.8) is 0 Å². The quantitative estimate of drug-likeness (QED) is 0.555. The number of benzene rings is 3. The normalized spacial score (nSPS) is 14.0. The van der Waals surface area contributed by atoms with Crippen LogP contribution in [0.2, 0.25) is 0 Å². The van der Waals surface area contributed by atoms with Crippen LogP contribution in [-0.4, -0.2) is 5.78 Å². The van der Waals surface area contributed by atoms with Gasteiger partial charge in [-0.05, 0) is 50.2 Å². The van der Waals surface area contributed by atoms with Gasteiger partial charge in [0.2, 0.25) is 0 Å². The molecule has 0 aromatic heterocycles. The lowest BCUT2D eigenvalue weighted by Crippen LogP contribution is -2.29. The first-order valence-corrected chi connectivity index (χ1v) is 6.47. The topological polar surface area (TPSA) is 17.1 Å². The number of carbonyl (C=O) groups is 1. The van der Waals surface area contributed by atoms with Crippen LogP contribution in [0.15, 0.2) is 48.5 Å². The maximum absolute atomic E-state index is 11.5. The van der Waals surface area contributed by atoms with Crippen molar-refractivity contribution in [3.05, 3.63) is 59.0 Å². The predicted octanol–water partition coefficient (Wildman–Crippen LogP) is 2.53. The highest BCUT2D eigenvalue weighted by atomic mass is 16.1. The van der Waals surface area contributed by atoms with Gasteiger partial charge in [-0.2, -0.15) is 0 Å². The monoisotopic (exact) mass is 244 g/mol. The second kappa shape index (κ2) is 3.79. The van der Waals surface area contributed by atoms with Gasteiger partial charge in [0.25, 0.3) is 0 Å². The molecule has 0 unspecified atom stereocenters. The molecule has 0 saturated carbocycles. The molecule has 1 nitrogen and oxygen atoms in total. The number of ketones is 1. The highest BCUT2D eigenvalue weighted by Gasteiger charge is 2.05. The van der Waals surface area contributed by atoms with Crippen LogP contribution in [0.4, 0.5) is 0 Å². The Morgan fingerprint density at radius 2 is 1.63 bits per heavy atom. The number of hydrogen-bond donors (Lipinski definition) is 0. The Morgan fingerprint density at radius 1 is 0.842 bits per heavy atom. The maximum atomic E-state index is 11.5. The Morgan fingerprint density at radius 3 is 2.47 bits per heavy atom. The van der Waals surface area contributed by atoms with Gasteiger partial charge < -0.3 is 0 Å². The van der Waals surface area contributed by atoms with Gasteiger partial charge in [0.15, 0.2) is 5.78 Å². The largest absolute Gasteiger partial charge is 0.294 e. The summed E-state index contributed by atoms with van der Waals surface area (Å²) in [6, 6.07) is 17.0. The number of carbonyl (C=O) groups excluding carboxylic acids is 1. The van der Waals surface area contributed by atoms with Crippen molar-refractivity contribution in [1.82, 2.24) is 0 Å². The first-order chi connectivity index (χ1) is 9.31. The molecule has 19 heavy (non-hydrogen) atoms. The average molecular weight is 244 g/mol. The van der Waals surface area contributed by atoms with Crippen molar-refractivity contribution in [2.45, 2.75) is 6.42 Å². The minimum Gasteiger partial charge on any atom is -0.294 e. The Balaban J connectivity index is 2.23. The van der Waals surface area contributed by atoms with Crippen LogP contribution in [0, 0.1) is 0 Å². The standard InChI is InChI=1S/C18H12O/c19-16-7-8-17-15(10-16)6-5-14-9-12-3-1-2-4-13(12)11-18(14)17/h1-6,8-11H,7H2. The van der Waals surface area contributed by atoms with Gasteiger partial charge in [0.05, 0.1) is 0 Å². The number of Topliss-reactive ketones (excluding diaryl/α,β-unsaturated/α-hetero) is 1. The highest BCUT2D eigenvalue weighted by molar-refractivity contribution is 6.10. The van der Waals surface area contributed by atoms with Crippen LogP contribution in [0.1, 0.15) is 6.42 Å². The third-order valence-electron chi connectivity index (χ3n) is 3.79. The summed E-state index contributed by atoms with van der Waals surface area (Å²) < 4.78 is 0. The number of hydrogen-bond acceptors (Lipinski definition) is 1. The summed E-state index contributed by atoms with van der Waals surface area (Å²) in [5.41, 5.74) is 0. The van der Waals surface area contributed by atoms with E-state index in [1.165, 1.54) is 26.8 Å². The molecular formula is C18H12O. The summed E-state index contributed by atoms with van der Waals surface area (Å²) in [6.07, 6.45) is 4.32. The molecule has 90 valence electrons. The molecule has 0 heterocycles. The minimum absolute atomic E-state index is 0.188. The van der Waals surface area contributed by atoms with Gasteiger partial charge in [0, 0.05) is 6.42 Å². The SMILES string of the molecule is O=C1C=c2ccc3cc4ccccc4cc3c2=CC1. The van der Waals surface area contributed by atoms with E-state index in [4.69, 9.17) is 0 Å². The summed E-state index contributed by atoms with van der Waals surface area (Å²) in [5, 5.41) is 7.21. The zero-order chi connectivity index (χ0) is 12.8. The molecule has 1 heteroatoms. The molecule has 0 amide bonds. The zero-order valence-electron chi connectivity index (χ0n) is 10.4. The Hall–Kier alpha value is -2.41. The van der Waals surface area contributed by atoms with Gasteiger partial charge >= 0.3 is 0 Å². The van der Waals surface area contributed by atoms with Crippen LogP contribution in [0.3, 0.4) is 0 Å². The van der Waals surface area contributed by atoms with Crippen LogP contribution in [-0.2, 0) is 4.79 Å². The molecule has 0 bridgehead atoms. The molecule has 0 aliphatic heterocycles. The van der Waals surface area contributed by atoms with Crippen LogP contribution >= 0.6 is 0 Å². The van der Waals surface area contributed by atoms with E-state index in [2.05, 4.69) is 48.5 Å². The van der Waals surface area contributed by atoms with E-state index in [0.717, 1.165) is 5.22 Å². The molecule has 1 aliphatic rings. The number of rotatable bonds is 0. The molecule has 0 fully saturated rings. The van der Waals surface area contributed by atoms with E-state index in [1.807, 2.05) is 6.07 Å². The smallest absolute Gasteiger partial charge is 0.160 e. The Kier molecular flexibility index (Phi) is 2.10. The fraction of sp³-hybridized carbons (Fsp3) is 0.0556. The fourth-order valence-electron chi connectivity index (χ4n) is 2.84. The Bertz CT molecular complexity index is 948. The molecule has 0 saturated heterocycles. The molecule has 0 atom stereocenters. The van der Waals surface area contributed by atoms with Gasteiger partial charge in [-0.15, -0.1) is 0 Å². The molecule has 0 radical (unpaired) electrons. The Labute approximate surface area is 110 Å². The minimum atomic E-state index is 0.188.